The maximum Gasteiger partial charge on any atom is 0.288 e. The summed E-state index contributed by atoms with van der Waals surface area (Å²) >= 11 is 0. The average Bonchev–Trinajstić information content (AvgIpc) is 3.47. The third-order valence-corrected chi connectivity index (χ3v) is 9.08. The fourth-order valence-corrected chi connectivity index (χ4v) is 7.78. The SMILES string of the molecule is CN1N=CN2c3cccc4c3C3(c5c(ccc6c5N(c5ccccc5-c5ccccc5-6)c5cccc[n+]53)O4)C12. The molecule has 0 amide bonds. The van der Waals surface area contributed by atoms with Crippen molar-refractivity contribution >= 4 is 29.2 Å². The highest BCUT2D eigenvalue weighted by atomic mass is 16.5. The van der Waals surface area contributed by atoms with Gasteiger partial charge in [-0.1, -0.05) is 54.6 Å². The van der Waals surface area contributed by atoms with Gasteiger partial charge in [0.2, 0.25) is 5.54 Å². The number of hydrogen-bond donors (Lipinski definition) is 0. The van der Waals surface area contributed by atoms with Crippen LogP contribution in [0.5, 0.6) is 11.5 Å². The van der Waals surface area contributed by atoms with Crippen molar-refractivity contribution in [3.05, 3.63) is 114 Å². The van der Waals surface area contributed by atoms with Gasteiger partial charge in [0.25, 0.3) is 5.82 Å². The Bertz CT molecular complexity index is 1960. The first-order valence-corrected chi connectivity index (χ1v) is 13.3. The largest absolute Gasteiger partial charge is 0.456 e. The Morgan fingerprint density at radius 3 is 2.36 bits per heavy atom. The molecule has 1 spiro atoms. The van der Waals surface area contributed by atoms with E-state index in [1.54, 1.807) is 0 Å². The van der Waals surface area contributed by atoms with Crippen LogP contribution in [0.25, 0.3) is 22.3 Å². The molecule has 2 atom stereocenters. The van der Waals surface area contributed by atoms with Crippen LogP contribution in [0.4, 0.5) is 22.9 Å². The first-order valence-electron chi connectivity index (χ1n) is 13.3. The van der Waals surface area contributed by atoms with Gasteiger partial charge < -0.3 is 9.64 Å². The molecule has 0 bridgehead atoms. The summed E-state index contributed by atoms with van der Waals surface area (Å²) in [6.45, 7) is 0. The summed E-state index contributed by atoms with van der Waals surface area (Å²) < 4.78 is 9.25. The molecule has 4 aromatic carbocycles. The molecule has 6 heterocycles. The summed E-state index contributed by atoms with van der Waals surface area (Å²) in [7, 11) is 2.08. The van der Waals surface area contributed by atoms with Crippen LogP contribution in [-0.2, 0) is 5.54 Å². The van der Waals surface area contributed by atoms with Gasteiger partial charge in [0.1, 0.15) is 23.5 Å². The quantitative estimate of drug-likeness (QED) is 0.226. The number of pyridine rings is 1. The van der Waals surface area contributed by atoms with Gasteiger partial charge in [-0.25, -0.2) is 4.57 Å². The van der Waals surface area contributed by atoms with Gasteiger partial charge in [0.05, 0.1) is 23.0 Å². The molecule has 5 aromatic rings. The number of fused-ring (bicyclic) bond motifs is 9. The van der Waals surface area contributed by atoms with Crippen LogP contribution in [0.15, 0.2) is 108 Å². The standard InChI is InChI=1S/C33H22N5O/c1-35-32-33-29-25(36(32)19-34-35)13-8-14-26(29)39-27-17-16-23-21-10-3-2-9-20(21)22-11-4-5-12-24(22)38(31(23)30(27)33)28-15-6-7-18-37(28)33/h2-19,32H,1H3/q+1. The third kappa shape index (κ3) is 2.05. The van der Waals surface area contributed by atoms with Crippen LogP contribution < -0.4 is 19.1 Å². The van der Waals surface area contributed by atoms with Crippen molar-refractivity contribution in [3.63, 3.8) is 0 Å². The zero-order chi connectivity index (χ0) is 25.5. The summed E-state index contributed by atoms with van der Waals surface area (Å²) in [6, 6.07) is 34.9. The van der Waals surface area contributed by atoms with E-state index < -0.39 is 5.54 Å². The predicted molar refractivity (Wildman–Crippen MR) is 151 cm³/mol. The summed E-state index contributed by atoms with van der Waals surface area (Å²) in [4.78, 5) is 4.76. The minimum atomic E-state index is -0.572. The summed E-state index contributed by atoms with van der Waals surface area (Å²) in [5.74, 6) is 2.92. The Balaban J connectivity index is 1.46. The zero-order valence-electron chi connectivity index (χ0n) is 21.1. The van der Waals surface area contributed by atoms with Crippen molar-refractivity contribution in [2.75, 3.05) is 16.8 Å². The van der Waals surface area contributed by atoms with Crippen LogP contribution in [0.3, 0.4) is 0 Å². The number of para-hydroxylation sites is 1. The Morgan fingerprint density at radius 2 is 1.46 bits per heavy atom. The van der Waals surface area contributed by atoms with Crippen LogP contribution in [0.2, 0.25) is 0 Å². The van der Waals surface area contributed by atoms with E-state index in [1.807, 2.05) is 6.34 Å². The molecule has 6 nitrogen and oxygen atoms in total. The molecule has 0 fully saturated rings. The van der Waals surface area contributed by atoms with Crippen molar-refractivity contribution in [1.29, 1.82) is 0 Å². The number of rotatable bonds is 0. The van der Waals surface area contributed by atoms with Crippen molar-refractivity contribution in [2.24, 2.45) is 5.10 Å². The number of hydrogen-bond acceptors (Lipinski definition) is 5. The van der Waals surface area contributed by atoms with Gasteiger partial charge in [0.15, 0.2) is 11.9 Å². The molecule has 0 N–H and O–H groups in total. The number of hydrazone groups is 1. The van der Waals surface area contributed by atoms with Gasteiger partial charge in [-0.2, -0.15) is 10.0 Å². The zero-order valence-corrected chi connectivity index (χ0v) is 21.1. The predicted octanol–water partition coefficient (Wildman–Crippen LogP) is 6.34. The number of benzene rings is 4. The molecule has 2 unspecified atom stereocenters. The van der Waals surface area contributed by atoms with Gasteiger partial charge >= 0.3 is 0 Å². The lowest BCUT2D eigenvalue weighted by molar-refractivity contribution is -0.737. The van der Waals surface area contributed by atoms with E-state index in [1.165, 1.54) is 39.1 Å². The van der Waals surface area contributed by atoms with Crippen molar-refractivity contribution in [3.8, 4) is 33.8 Å². The van der Waals surface area contributed by atoms with Gasteiger partial charge in [-0.15, -0.1) is 0 Å². The maximum absolute atomic E-state index is 6.78. The molecule has 0 radical (unpaired) electrons. The Kier molecular flexibility index (Phi) is 3.31. The highest BCUT2D eigenvalue weighted by Gasteiger charge is 2.69. The molecule has 1 aromatic heterocycles. The van der Waals surface area contributed by atoms with Crippen LogP contribution in [0.1, 0.15) is 11.1 Å². The maximum atomic E-state index is 6.78. The highest BCUT2D eigenvalue weighted by molar-refractivity contribution is 6.05. The second-order valence-corrected chi connectivity index (χ2v) is 10.8. The molecule has 5 aliphatic rings. The van der Waals surface area contributed by atoms with Crippen molar-refractivity contribution < 1.29 is 9.30 Å². The third-order valence-electron chi connectivity index (χ3n) is 9.08. The lowest BCUT2D eigenvalue weighted by Crippen LogP contribution is -2.70. The van der Waals surface area contributed by atoms with E-state index >= 15 is 0 Å². The van der Waals surface area contributed by atoms with E-state index in [0.717, 1.165) is 28.7 Å². The fraction of sp³-hybridized carbons (Fsp3) is 0.0909. The highest BCUT2D eigenvalue weighted by Crippen LogP contribution is 2.65. The van der Waals surface area contributed by atoms with Crippen molar-refractivity contribution in [2.45, 2.75) is 11.7 Å². The van der Waals surface area contributed by atoms with E-state index in [-0.39, 0.29) is 6.17 Å². The first-order chi connectivity index (χ1) is 19.3. The normalized spacial score (nSPS) is 21.3. The minimum absolute atomic E-state index is 0.0789. The minimum Gasteiger partial charge on any atom is -0.456 e. The molecule has 10 rings (SSSR count). The number of likely N-dealkylation sites (N-methyl/N-ethyl adjacent to an activating group) is 1. The Hall–Kier alpha value is -5.10. The summed E-state index contributed by atoms with van der Waals surface area (Å²) in [5, 5.41) is 6.90. The molecular formula is C33H22N5O+. The van der Waals surface area contributed by atoms with Gasteiger partial charge in [-0.05, 0) is 47.5 Å². The number of nitrogens with zero attached hydrogens (tertiary/aromatic N) is 5. The summed E-state index contributed by atoms with van der Waals surface area (Å²) in [5.41, 5.74) is 10.2. The Morgan fingerprint density at radius 1 is 0.718 bits per heavy atom. The first kappa shape index (κ1) is 19.9. The smallest absolute Gasteiger partial charge is 0.288 e. The van der Waals surface area contributed by atoms with Crippen molar-refractivity contribution in [1.82, 2.24) is 5.01 Å². The second kappa shape index (κ2) is 6.48. The molecule has 0 saturated carbocycles. The van der Waals surface area contributed by atoms with Crippen LogP contribution in [0, 0.1) is 0 Å². The lowest BCUT2D eigenvalue weighted by atomic mass is 9.75. The number of anilines is 4. The van der Waals surface area contributed by atoms with E-state index in [0.29, 0.717) is 0 Å². The van der Waals surface area contributed by atoms with Gasteiger partial charge in [-0.3, -0.25) is 5.01 Å². The van der Waals surface area contributed by atoms with Crippen LogP contribution in [-0.4, -0.2) is 24.6 Å². The second-order valence-electron chi connectivity index (χ2n) is 10.8. The molecule has 0 aliphatic carbocycles. The monoisotopic (exact) mass is 504 g/mol. The molecule has 0 saturated heterocycles. The molecule has 39 heavy (non-hydrogen) atoms. The average molecular weight is 505 g/mol. The topological polar surface area (TPSA) is 35.2 Å². The Labute approximate surface area is 225 Å². The number of aromatic nitrogens is 1. The van der Waals surface area contributed by atoms with E-state index in [2.05, 4.69) is 130 Å². The lowest BCUT2D eigenvalue weighted by Gasteiger charge is -2.45. The van der Waals surface area contributed by atoms with Gasteiger partial charge in [0, 0.05) is 24.2 Å². The molecule has 5 aliphatic heterocycles. The molecule has 6 heteroatoms. The van der Waals surface area contributed by atoms with Crippen LogP contribution >= 0.6 is 0 Å². The fourth-order valence-electron chi connectivity index (χ4n) is 7.78. The number of ether oxygens (including phenoxy) is 1. The molecule has 184 valence electrons. The summed E-state index contributed by atoms with van der Waals surface area (Å²) in [6.07, 6.45) is 4.12. The van der Waals surface area contributed by atoms with E-state index in [4.69, 9.17) is 9.84 Å². The van der Waals surface area contributed by atoms with E-state index in [9.17, 15) is 0 Å². The molecular weight excluding hydrogens is 482 g/mol.